The Hall–Kier alpha value is -2.55. The van der Waals surface area contributed by atoms with Crippen LogP contribution in [0.5, 0.6) is 0 Å². The van der Waals surface area contributed by atoms with Crippen molar-refractivity contribution in [3.8, 4) is 0 Å². The molecule has 0 aliphatic rings. The van der Waals surface area contributed by atoms with Crippen molar-refractivity contribution in [2.24, 2.45) is 0 Å². The third-order valence-corrected chi connectivity index (χ3v) is 3.40. The zero-order valence-electron chi connectivity index (χ0n) is 10.3. The minimum Gasteiger partial charge on any atom is -0.457 e. The smallest absolute Gasteiger partial charge is 0.336 e. The Morgan fingerprint density at radius 3 is 2.26 bits per heavy atom. The van der Waals surface area contributed by atoms with E-state index in [0.717, 1.165) is 27.3 Å². The number of hydrogen-bond donors (Lipinski definition) is 0. The van der Waals surface area contributed by atoms with Crippen LogP contribution >= 0.6 is 0 Å². The summed E-state index contributed by atoms with van der Waals surface area (Å²) in [6.07, 6.45) is 0. The molecule has 4 aromatic rings. The minimum atomic E-state index is -0.363. The van der Waals surface area contributed by atoms with Crippen molar-refractivity contribution in [2.45, 2.75) is 6.92 Å². The normalized spacial score (nSPS) is 11.6. The van der Waals surface area contributed by atoms with E-state index in [1.807, 2.05) is 31.2 Å². The third kappa shape index (κ3) is 1.35. The fourth-order valence-electron chi connectivity index (χ4n) is 2.63. The van der Waals surface area contributed by atoms with Crippen LogP contribution in [0.2, 0.25) is 0 Å². The first-order valence-corrected chi connectivity index (χ1v) is 6.09. The standard InChI is InChI=1S/C16H10O3/c1-9-8-13-11-5-3-2-4-10(11)12-6-7-14(17)19-15(12)16(13)18-9/h2-8H,1H3. The highest BCUT2D eigenvalue weighted by molar-refractivity contribution is 6.21. The molecule has 0 N–H and O–H groups in total. The summed E-state index contributed by atoms with van der Waals surface area (Å²) >= 11 is 0. The van der Waals surface area contributed by atoms with E-state index < -0.39 is 0 Å². The SMILES string of the molecule is Cc1cc2c3ccccc3c3ccc(=O)oc3c2o1. The number of fused-ring (bicyclic) bond motifs is 6. The summed E-state index contributed by atoms with van der Waals surface area (Å²) in [4.78, 5) is 11.5. The van der Waals surface area contributed by atoms with E-state index in [0.29, 0.717) is 11.2 Å². The summed E-state index contributed by atoms with van der Waals surface area (Å²) in [6.45, 7) is 1.89. The Balaban J connectivity index is 2.46. The van der Waals surface area contributed by atoms with E-state index in [1.165, 1.54) is 6.07 Å². The molecule has 0 unspecified atom stereocenters. The monoisotopic (exact) mass is 250 g/mol. The van der Waals surface area contributed by atoms with Gasteiger partial charge in [0.1, 0.15) is 5.76 Å². The molecule has 0 saturated heterocycles. The second kappa shape index (κ2) is 3.48. The average molecular weight is 250 g/mol. The molecule has 0 aliphatic carbocycles. The van der Waals surface area contributed by atoms with E-state index in [1.54, 1.807) is 6.07 Å². The van der Waals surface area contributed by atoms with Gasteiger partial charge in [-0.2, -0.15) is 0 Å². The van der Waals surface area contributed by atoms with Crippen molar-refractivity contribution in [1.82, 2.24) is 0 Å². The number of benzene rings is 2. The first kappa shape index (κ1) is 10.4. The number of furan rings is 1. The maximum atomic E-state index is 11.5. The van der Waals surface area contributed by atoms with Gasteiger partial charge in [-0.15, -0.1) is 0 Å². The largest absolute Gasteiger partial charge is 0.457 e. The van der Waals surface area contributed by atoms with Gasteiger partial charge in [0.25, 0.3) is 0 Å². The summed E-state index contributed by atoms with van der Waals surface area (Å²) in [6, 6.07) is 13.3. The minimum absolute atomic E-state index is 0.363. The van der Waals surface area contributed by atoms with Gasteiger partial charge in [-0.05, 0) is 29.8 Å². The molecule has 0 aliphatic heterocycles. The second-order valence-corrected chi connectivity index (χ2v) is 4.64. The van der Waals surface area contributed by atoms with Gasteiger partial charge in [0.05, 0.1) is 0 Å². The molecule has 2 aromatic carbocycles. The molecular weight excluding hydrogens is 240 g/mol. The molecule has 0 atom stereocenters. The van der Waals surface area contributed by atoms with Crippen LogP contribution in [0.3, 0.4) is 0 Å². The van der Waals surface area contributed by atoms with Crippen molar-refractivity contribution >= 4 is 32.7 Å². The number of rotatable bonds is 0. The van der Waals surface area contributed by atoms with Crippen LogP contribution in [-0.2, 0) is 0 Å². The summed E-state index contributed by atoms with van der Waals surface area (Å²) in [5.41, 5.74) is 0.802. The molecule has 0 saturated carbocycles. The molecule has 3 heteroatoms. The molecule has 0 radical (unpaired) electrons. The molecule has 92 valence electrons. The zero-order valence-corrected chi connectivity index (χ0v) is 10.3. The lowest BCUT2D eigenvalue weighted by molar-refractivity contribution is 0.537. The third-order valence-electron chi connectivity index (χ3n) is 3.40. The van der Waals surface area contributed by atoms with Gasteiger partial charge in [-0.25, -0.2) is 4.79 Å². The average Bonchev–Trinajstić information content (AvgIpc) is 2.81. The fourth-order valence-corrected chi connectivity index (χ4v) is 2.63. The molecule has 0 amide bonds. The highest BCUT2D eigenvalue weighted by atomic mass is 16.4. The molecule has 2 aromatic heterocycles. The van der Waals surface area contributed by atoms with Gasteiger partial charge in [0.15, 0.2) is 11.2 Å². The Morgan fingerprint density at radius 2 is 1.47 bits per heavy atom. The first-order chi connectivity index (χ1) is 9.24. The Bertz CT molecular complexity index is 989. The van der Waals surface area contributed by atoms with E-state index in [9.17, 15) is 4.79 Å². The van der Waals surface area contributed by atoms with Crippen LogP contribution < -0.4 is 5.63 Å². The molecule has 2 heterocycles. The lowest BCUT2D eigenvalue weighted by atomic mass is 10.0. The van der Waals surface area contributed by atoms with Gasteiger partial charge in [-0.3, -0.25) is 0 Å². The zero-order chi connectivity index (χ0) is 13.0. The van der Waals surface area contributed by atoms with Crippen LogP contribution in [-0.4, -0.2) is 0 Å². The van der Waals surface area contributed by atoms with Crippen molar-refractivity contribution in [3.05, 3.63) is 58.6 Å². The van der Waals surface area contributed by atoms with Crippen molar-refractivity contribution in [1.29, 1.82) is 0 Å². The summed E-state index contributed by atoms with van der Waals surface area (Å²) in [5.74, 6) is 0.805. The van der Waals surface area contributed by atoms with Gasteiger partial charge >= 0.3 is 5.63 Å². The summed E-state index contributed by atoms with van der Waals surface area (Å²) in [5, 5.41) is 4.05. The van der Waals surface area contributed by atoms with Crippen molar-refractivity contribution in [2.75, 3.05) is 0 Å². The number of aryl methyl sites for hydroxylation is 1. The number of hydrogen-bond acceptors (Lipinski definition) is 3. The van der Waals surface area contributed by atoms with Gasteiger partial charge in [-0.1, -0.05) is 24.3 Å². The van der Waals surface area contributed by atoms with Crippen molar-refractivity contribution < 1.29 is 8.83 Å². The lowest BCUT2D eigenvalue weighted by Crippen LogP contribution is -1.94. The van der Waals surface area contributed by atoms with Gasteiger partial charge < -0.3 is 8.83 Å². The molecular formula is C16H10O3. The Morgan fingerprint density at radius 1 is 0.789 bits per heavy atom. The van der Waals surface area contributed by atoms with Gasteiger partial charge in [0.2, 0.25) is 0 Å². The molecule has 0 fully saturated rings. The molecule has 19 heavy (non-hydrogen) atoms. The van der Waals surface area contributed by atoms with Crippen LogP contribution in [0.4, 0.5) is 0 Å². The molecule has 3 nitrogen and oxygen atoms in total. The van der Waals surface area contributed by atoms with Crippen LogP contribution in [0.15, 0.2) is 56.1 Å². The highest BCUT2D eigenvalue weighted by Crippen LogP contribution is 2.35. The topological polar surface area (TPSA) is 43.4 Å². The lowest BCUT2D eigenvalue weighted by Gasteiger charge is -2.03. The van der Waals surface area contributed by atoms with Gasteiger partial charge in [0, 0.05) is 16.8 Å². The first-order valence-electron chi connectivity index (χ1n) is 6.09. The highest BCUT2D eigenvalue weighted by Gasteiger charge is 2.13. The summed E-state index contributed by atoms with van der Waals surface area (Å²) in [7, 11) is 0. The quantitative estimate of drug-likeness (QED) is 0.350. The Labute approximate surface area is 108 Å². The Kier molecular flexibility index (Phi) is 1.90. The van der Waals surface area contributed by atoms with Crippen LogP contribution in [0, 0.1) is 6.92 Å². The van der Waals surface area contributed by atoms with E-state index >= 15 is 0 Å². The second-order valence-electron chi connectivity index (χ2n) is 4.64. The maximum absolute atomic E-state index is 11.5. The summed E-state index contributed by atoms with van der Waals surface area (Å²) < 4.78 is 11.1. The van der Waals surface area contributed by atoms with Crippen molar-refractivity contribution in [3.63, 3.8) is 0 Å². The molecule has 0 spiro atoms. The predicted molar refractivity (Wildman–Crippen MR) is 74.5 cm³/mol. The molecule has 4 rings (SSSR count). The van der Waals surface area contributed by atoms with Crippen LogP contribution in [0.25, 0.3) is 32.7 Å². The van der Waals surface area contributed by atoms with E-state index in [4.69, 9.17) is 8.83 Å². The maximum Gasteiger partial charge on any atom is 0.336 e. The molecule has 0 bridgehead atoms. The van der Waals surface area contributed by atoms with E-state index in [-0.39, 0.29) is 5.63 Å². The van der Waals surface area contributed by atoms with Crippen LogP contribution in [0.1, 0.15) is 5.76 Å². The van der Waals surface area contributed by atoms with E-state index in [2.05, 4.69) is 6.07 Å². The predicted octanol–water partition coefficient (Wildman–Crippen LogP) is 4.00. The fraction of sp³-hybridized carbons (Fsp3) is 0.0625.